The fraction of sp³-hybridized carbons (Fsp3) is 0.308. The molecule has 0 saturated heterocycles. The molecule has 2 rings (SSSR count). The van der Waals surface area contributed by atoms with Crippen molar-refractivity contribution >= 4 is 27.3 Å². The van der Waals surface area contributed by atoms with Crippen molar-refractivity contribution in [3.8, 4) is 0 Å². The average Bonchev–Trinajstić information content (AvgIpc) is 2.72. The Morgan fingerprint density at radius 3 is 2.83 bits per heavy atom. The number of thiazole rings is 1. The molecule has 18 heavy (non-hydrogen) atoms. The van der Waals surface area contributed by atoms with Gasteiger partial charge in [-0.3, -0.25) is 0 Å². The fourth-order valence-electron chi connectivity index (χ4n) is 1.82. The second-order valence-corrected chi connectivity index (χ2v) is 5.89. The molecule has 0 aliphatic heterocycles. The third-order valence-electron chi connectivity index (χ3n) is 2.73. The summed E-state index contributed by atoms with van der Waals surface area (Å²) in [6, 6.07) is 4.91. The number of hydrogen-bond acceptors (Lipinski definition) is 3. The normalized spacial score (nSPS) is 12.7. The van der Waals surface area contributed by atoms with Gasteiger partial charge in [-0.25, -0.2) is 9.37 Å². The van der Waals surface area contributed by atoms with Gasteiger partial charge in [0, 0.05) is 28.0 Å². The highest BCUT2D eigenvalue weighted by Gasteiger charge is 2.15. The third kappa shape index (κ3) is 3.16. The lowest BCUT2D eigenvalue weighted by molar-refractivity contribution is 0.581. The van der Waals surface area contributed by atoms with Crippen molar-refractivity contribution in [2.24, 2.45) is 0 Å². The Balaban J connectivity index is 2.22. The molecule has 5 heteroatoms. The highest BCUT2D eigenvalue weighted by Crippen LogP contribution is 2.27. The summed E-state index contributed by atoms with van der Waals surface area (Å²) in [6.45, 7) is 1.99. The number of aromatic nitrogens is 1. The number of aryl methyl sites for hydroxylation is 1. The highest BCUT2D eigenvalue weighted by atomic mass is 79.9. The molecule has 1 heterocycles. The van der Waals surface area contributed by atoms with E-state index in [-0.39, 0.29) is 11.9 Å². The van der Waals surface area contributed by atoms with Crippen LogP contribution >= 0.6 is 27.3 Å². The molecule has 2 aromatic rings. The molecular formula is C13H14BrFN2S. The van der Waals surface area contributed by atoms with Crippen LogP contribution in [0.2, 0.25) is 0 Å². The van der Waals surface area contributed by atoms with Gasteiger partial charge in [0.2, 0.25) is 0 Å². The van der Waals surface area contributed by atoms with Crippen molar-refractivity contribution in [2.75, 3.05) is 7.05 Å². The van der Waals surface area contributed by atoms with E-state index in [1.165, 1.54) is 12.1 Å². The predicted octanol–water partition coefficient (Wildman–Crippen LogP) is 3.86. The van der Waals surface area contributed by atoms with E-state index in [4.69, 9.17) is 0 Å². The number of hydrogen-bond donors (Lipinski definition) is 1. The SMILES string of the molecule is CNC(Cc1nc(C)cs1)c1ccc(F)cc1Br. The molecule has 1 N–H and O–H groups in total. The Hall–Kier alpha value is -0.780. The number of likely N-dealkylation sites (N-methyl/N-ethyl adjacent to an activating group) is 1. The van der Waals surface area contributed by atoms with E-state index in [0.29, 0.717) is 0 Å². The summed E-state index contributed by atoms with van der Waals surface area (Å²) in [5, 5.41) is 6.38. The first-order valence-electron chi connectivity index (χ1n) is 5.63. The minimum absolute atomic E-state index is 0.130. The maximum absolute atomic E-state index is 13.1. The van der Waals surface area contributed by atoms with Crippen molar-refractivity contribution in [1.82, 2.24) is 10.3 Å². The lowest BCUT2D eigenvalue weighted by Crippen LogP contribution is -2.19. The molecular weight excluding hydrogens is 315 g/mol. The van der Waals surface area contributed by atoms with Gasteiger partial charge in [0.15, 0.2) is 0 Å². The van der Waals surface area contributed by atoms with Gasteiger partial charge < -0.3 is 5.32 Å². The molecule has 0 aliphatic rings. The molecule has 1 unspecified atom stereocenters. The van der Waals surface area contributed by atoms with E-state index < -0.39 is 0 Å². The van der Waals surface area contributed by atoms with Crippen LogP contribution in [0.1, 0.15) is 22.3 Å². The quantitative estimate of drug-likeness (QED) is 0.921. The summed E-state index contributed by atoms with van der Waals surface area (Å²) in [6.07, 6.45) is 0.805. The summed E-state index contributed by atoms with van der Waals surface area (Å²) in [4.78, 5) is 4.46. The minimum Gasteiger partial charge on any atom is -0.313 e. The monoisotopic (exact) mass is 328 g/mol. The smallest absolute Gasteiger partial charge is 0.124 e. The summed E-state index contributed by atoms with van der Waals surface area (Å²) in [7, 11) is 1.90. The van der Waals surface area contributed by atoms with E-state index >= 15 is 0 Å². The number of nitrogens with one attached hydrogen (secondary N) is 1. The van der Waals surface area contributed by atoms with Crippen LogP contribution < -0.4 is 5.32 Å². The van der Waals surface area contributed by atoms with Gasteiger partial charge in [0.05, 0.1) is 5.01 Å². The molecule has 0 spiro atoms. The molecule has 1 aromatic carbocycles. The summed E-state index contributed by atoms with van der Waals surface area (Å²) in [5.74, 6) is -0.231. The van der Waals surface area contributed by atoms with Crippen molar-refractivity contribution in [2.45, 2.75) is 19.4 Å². The second-order valence-electron chi connectivity index (χ2n) is 4.09. The summed E-state index contributed by atoms with van der Waals surface area (Å²) < 4.78 is 13.9. The summed E-state index contributed by atoms with van der Waals surface area (Å²) >= 11 is 5.07. The lowest BCUT2D eigenvalue weighted by Gasteiger charge is -2.17. The van der Waals surface area contributed by atoms with Gasteiger partial charge in [-0.05, 0) is 31.7 Å². The van der Waals surface area contributed by atoms with Crippen LogP contribution in [-0.2, 0) is 6.42 Å². The predicted molar refractivity (Wildman–Crippen MR) is 76.5 cm³/mol. The van der Waals surface area contributed by atoms with Crippen LogP contribution in [-0.4, -0.2) is 12.0 Å². The molecule has 0 bridgehead atoms. The molecule has 2 nitrogen and oxygen atoms in total. The van der Waals surface area contributed by atoms with E-state index in [0.717, 1.165) is 27.2 Å². The van der Waals surface area contributed by atoms with E-state index in [1.807, 2.05) is 19.4 Å². The van der Waals surface area contributed by atoms with Gasteiger partial charge in [-0.1, -0.05) is 22.0 Å². The molecule has 0 amide bonds. The second kappa shape index (κ2) is 5.91. The van der Waals surface area contributed by atoms with Crippen LogP contribution in [0.4, 0.5) is 4.39 Å². The van der Waals surface area contributed by atoms with E-state index in [1.54, 1.807) is 17.4 Å². The zero-order valence-corrected chi connectivity index (χ0v) is 12.6. The Morgan fingerprint density at radius 1 is 1.50 bits per heavy atom. The zero-order chi connectivity index (χ0) is 13.1. The molecule has 0 radical (unpaired) electrons. The average molecular weight is 329 g/mol. The van der Waals surface area contributed by atoms with Crippen LogP contribution in [0.25, 0.3) is 0 Å². The first-order valence-corrected chi connectivity index (χ1v) is 7.30. The Kier molecular flexibility index (Phi) is 4.48. The maximum atomic E-state index is 13.1. The molecule has 0 saturated carbocycles. The van der Waals surface area contributed by atoms with Crippen molar-refractivity contribution in [1.29, 1.82) is 0 Å². The molecule has 1 aromatic heterocycles. The molecule has 0 fully saturated rings. The third-order valence-corrected chi connectivity index (χ3v) is 4.41. The first-order chi connectivity index (χ1) is 8.60. The van der Waals surface area contributed by atoms with Crippen LogP contribution in [0.15, 0.2) is 28.1 Å². The fourth-order valence-corrected chi connectivity index (χ4v) is 3.27. The van der Waals surface area contributed by atoms with Crippen molar-refractivity contribution in [3.63, 3.8) is 0 Å². The Bertz CT molecular complexity index is 542. The lowest BCUT2D eigenvalue weighted by atomic mass is 10.0. The van der Waals surface area contributed by atoms with Crippen LogP contribution in [0.3, 0.4) is 0 Å². The van der Waals surface area contributed by atoms with Crippen LogP contribution in [0, 0.1) is 12.7 Å². The van der Waals surface area contributed by atoms with Gasteiger partial charge in [0.1, 0.15) is 5.82 Å². The molecule has 0 aliphatic carbocycles. The van der Waals surface area contributed by atoms with Gasteiger partial charge in [-0.2, -0.15) is 0 Å². The largest absolute Gasteiger partial charge is 0.313 e. The number of nitrogens with zero attached hydrogens (tertiary/aromatic N) is 1. The highest BCUT2D eigenvalue weighted by molar-refractivity contribution is 9.10. The van der Waals surface area contributed by atoms with Gasteiger partial charge >= 0.3 is 0 Å². The minimum atomic E-state index is -0.231. The van der Waals surface area contributed by atoms with Crippen LogP contribution in [0.5, 0.6) is 0 Å². The zero-order valence-electron chi connectivity index (χ0n) is 10.2. The molecule has 96 valence electrons. The number of halogens is 2. The van der Waals surface area contributed by atoms with Crippen molar-refractivity contribution < 1.29 is 4.39 Å². The number of benzene rings is 1. The molecule has 1 atom stereocenters. The maximum Gasteiger partial charge on any atom is 0.124 e. The first kappa shape index (κ1) is 13.6. The van der Waals surface area contributed by atoms with Gasteiger partial charge in [0.25, 0.3) is 0 Å². The Morgan fingerprint density at radius 2 is 2.28 bits per heavy atom. The van der Waals surface area contributed by atoms with E-state index in [9.17, 15) is 4.39 Å². The van der Waals surface area contributed by atoms with E-state index in [2.05, 4.69) is 26.2 Å². The van der Waals surface area contributed by atoms with Gasteiger partial charge in [-0.15, -0.1) is 11.3 Å². The number of rotatable bonds is 4. The Labute approximate surface area is 118 Å². The summed E-state index contributed by atoms with van der Waals surface area (Å²) in [5.41, 5.74) is 2.09. The standard InChI is InChI=1S/C13H14BrFN2S/c1-8-7-18-13(17-8)6-12(16-2)10-4-3-9(15)5-11(10)14/h3-5,7,12,16H,6H2,1-2H3. The topological polar surface area (TPSA) is 24.9 Å². The van der Waals surface area contributed by atoms with Crippen molar-refractivity contribution in [3.05, 3.63) is 50.1 Å².